The van der Waals surface area contributed by atoms with Crippen LogP contribution in [0.15, 0.2) is 66.7 Å². The Morgan fingerprint density at radius 3 is 1.35 bits per heavy atom. The van der Waals surface area contributed by atoms with E-state index in [-0.39, 0.29) is 28.9 Å². The zero-order chi connectivity index (χ0) is 16.4. The molecule has 3 aromatic rings. The van der Waals surface area contributed by atoms with Gasteiger partial charge in [-0.1, -0.05) is 30.3 Å². The minimum atomic E-state index is -0.206. The van der Waals surface area contributed by atoms with Crippen LogP contribution in [0, 0.1) is 0 Å². The van der Waals surface area contributed by atoms with Crippen molar-refractivity contribution in [1.82, 2.24) is 0 Å². The zero-order valence-electron chi connectivity index (χ0n) is 12.2. The standard InChI is InChI=1S/C19H16O4/c20-15-6-1-12(2-7-15)19(13-3-8-16(21)9-4-13)14-5-10-17(22)18(23)11-14/h1-11,19-23H. The molecule has 0 saturated carbocycles. The number of phenolic OH excluding ortho intramolecular Hbond substituents is 4. The van der Waals surface area contributed by atoms with Crippen LogP contribution >= 0.6 is 0 Å². The fraction of sp³-hybridized carbons (Fsp3) is 0.0526. The van der Waals surface area contributed by atoms with Gasteiger partial charge in [0, 0.05) is 5.92 Å². The molecular formula is C19H16O4. The van der Waals surface area contributed by atoms with Crippen LogP contribution in [0.1, 0.15) is 22.6 Å². The quantitative estimate of drug-likeness (QED) is 0.439. The lowest BCUT2D eigenvalue weighted by Crippen LogP contribution is -2.03. The maximum Gasteiger partial charge on any atom is 0.157 e. The molecule has 0 radical (unpaired) electrons. The lowest BCUT2D eigenvalue weighted by Gasteiger charge is -2.19. The van der Waals surface area contributed by atoms with Gasteiger partial charge in [-0.15, -0.1) is 0 Å². The van der Waals surface area contributed by atoms with Crippen LogP contribution in [0.4, 0.5) is 0 Å². The first-order chi connectivity index (χ1) is 11.0. The molecule has 0 aromatic heterocycles. The third-order valence-electron chi connectivity index (χ3n) is 3.79. The Bertz CT molecular complexity index is 762. The average Bonchev–Trinajstić information content (AvgIpc) is 2.55. The number of benzene rings is 3. The molecule has 0 unspecified atom stereocenters. The molecule has 116 valence electrons. The van der Waals surface area contributed by atoms with Crippen LogP contribution in [-0.4, -0.2) is 20.4 Å². The first-order valence-corrected chi connectivity index (χ1v) is 7.14. The van der Waals surface area contributed by atoms with E-state index in [4.69, 9.17) is 0 Å². The van der Waals surface area contributed by atoms with Gasteiger partial charge in [-0.25, -0.2) is 0 Å². The molecule has 0 spiro atoms. The first kappa shape index (κ1) is 14.8. The van der Waals surface area contributed by atoms with Crippen molar-refractivity contribution in [3.63, 3.8) is 0 Å². The summed E-state index contributed by atoms with van der Waals surface area (Å²) in [5.41, 5.74) is 2.62. The van der Waals surface area contributed by atoms with Gasteiger partial charge in [0.05, 0.1) is 0 Å². The average molecular weight is 308 g/mol. The van der Waals surface area contributed by atoms with Gasteiger partial charge in [0.2, 0.25) is 0 Å². The second-order valence-electron chi connectivity index (χ2n) is 5.36. The van der Waals surface area contributed by atoms with Crippen molar-refractivity contribution in [2.75, 3.05) is 0 Å². The van der Waals surface area contributed by atoms with E-state index >= 15 is 0 Å². The van der Waals surface area contributed by atoms with Gasteiger partial charge in [-0.3, -0.25) is 0 Å². The van der Waals surface area contributed by atoms with E-state index in [1.54, 1.807) is 54.6 Å². The predicted octanol–water partition coefficient (Wildman–Crippen LogP) is 3.69. The summed E-state index contributed by atoms with van der Waals surface area (Å²) in [5.74, 6) is -0.227. The highest BCUT2D eigenvalue weighted by molar-refractivity contribution is 5.50. The molecule has 0 aliphatic rings. The number of rotatable bonds is 3. The van der Waals surface area contributed by atoms with Crippen molar-refractivity contribution in [3.05, 3.63) is 83.4 Å². The number of hydrogen-bond acceptors (Lipinski definition) is 4. The molecule has 0 heterocycles. The summed E-state index contributed by atoms with van der Waals surface area (Å²) in [5, 5.41) is 38.3. The van der Waals surface area contributed by atoms with Gasteiger partial charge in [0.1, 0.15) is 11.5 Å². The fourth-order valence-electron chi connectivity index (χ4n) is 2.63. The molecular weight excluding hydrogens is 292 g/mol. The predicted molar refractivity (Wildman–Crippen MR) is 86.9 cm³/mol. The summed E-state index contributed by atoms with van der Waals surface area (Å²) in [6, 6.07) is 18.3. The lowest BCUT2D eigenvalue weighted by atomic mass is 9.85. The van der Waals surface area contributed by atoms with Crippen molar-refractivity contribution in [2.24, 2.45) is 0 Å². The Morgan fingerprint density at radius 2 is 0.913 bits per heavy atom. The molecule has 3 aromatic carbocycles. The highest BCUT2D eigenvalue weighted by Gasteiger charge is 2.18. The monoisotopic (exact) mass is 308 g/mol. The maximum absolute atomic E-state index is 9.80. The number of hydrogen-bond donors (Lipinski definition) is 4. The molecule has 23 heavy (non-hydrogen) atoms. The Kier molecular flexibility index (Phi) is 3.81. The highest BCUT2D eigenvalue weighted by Crippen LogP contribution is 2.37. The maximum atomic E-state index is 9.80. The minimum Gasteiger partial charge on any atom is -0.508 e. The molecule has 0 saturated heterocycles. The van der Waals surface area contributed by atoms with Gasteiger partial charge in [-0.2, -0.15) is 0 Å². The summed E-state index contributed by atoms with van der Waals surface area (Å²) in [7, 11) is 0. The lowest BCUT2D eigenvalue weighted by molar-refractivity contribution is 0.403. The van der Waals surface area contributed by atoms with Crippen LogP contribution in [0.2, 0.25) is 0 Å². The van der Waals surface area contributed by atoms with Crippen LogP contribution in [-0.2, 0) is 0 Å². The van der Waals surface area contributed by atoms with Gasteiger partial charge in [0.15, 0.2) is 11.5 Å². The SMILES string of the molecule is Oc1ccc(C(c2ccc(O)cc2)c2ccc(O)c(O)c2)cc1. The Balaban J connectivity index is 2.14. The van der Waals surface area contributed by atoms with Gasteiger partial charge in [0.25, 0.3) is 0 Å². The highest BCUT2D eigenvalue weighted by atomic mass is 16.3. The summed E-state index contributed by atoms with van der Waals surface area (Å²) < 4.78 is 0. The topological polar surface area (TPSA) is 80.9 Å². The Hall–Kier alpha value is -3.14. The summed E-state index contributed by atoms with van der Waals surface area (Å²) in [4.78, 5) is 0. The summed E-state index contributed by atoms with van der Waals surface area (Å²) in [6.45, 7) is 0. The van der Waals surface area contributed by atoms with Crippen molar-refractivity contribution < 1.29 is 20.4 Å². The van der Waals surface area contributed by atoms with Crippen LogP contribution in [0.25, 0.3) is 0 Å². The molecule has 4 N–H and O–H groups in total. The number of phenols is 4. The van der Waals surface area contributed by atoms with Gasteiger partial charge >= 0.3 is 0 Å². The third kappa shape index (κ3) is 3.06. The van der Waals surface area contributed by atoms with E-state index in [1.807, 2.05) is 0 Å². The molecule has 0 bridgehead atoms. The second kappa shape index (κ2) is 5.93. The van der Waals surface area contributed by atoms with Gasteiger partial charge in [-0.05, 0) is 53.1 Å². The van der Waals surface area contributed by atoms with E-state index in [1.165, 1.54) is 12.1 Å². The molecule has 0 fully saturated rings. The summed E-state index contributed by atoms with van der Waals surface area (Å²) in [6.07, 6.45) is 0. The van der Waals surface area contributed by atoms with E-state index in [9.17, 15) is 20.4 Å². The number of aromatic hydroxyl groups is 4. The van der Waals surface area contributed by atoms with Crippen LogP contribution < -0.4 is 0 Å². The van der Waals surface area contributed by atoms with Gasteiger partial charge < -0.3 is 20.4 Å². The Labute approximate surface area is 133 Å². The van der Waals surface area contributed by atoms with Crippen LogP contribution in [0.5, 0.6) is 23.0 Å². The summed E-state index contributed by atoms with van der Waals surface area (Å²) >= 11 is 0. The largest absolute Gasteiger partial charge is 0.508 e. The van der Waals surface area contributed by atoms with Crippen molar-refractivity contribution >= 4 is 0 Å². The van der Waals surface area contributed by atoms with E-state index in [2.05, 4.69) is 0 Å². The van der Waals surface area contributed by atoms with E-state index < -0.39 is 0 Å². The zero-order valence-corrected chi connectivity index (χ0v) is 12.2. The van der Waals surface area contributed by atoms with Crippen molar-refractivity contribution in [2.45, 2.75) is 5.92 Å². The second-order valence-corrected chi connectivity index (χ2v) is 5.36. The Morgan fingerprint density at radius 1 is 0.478 bits per heavy atom. The molecule has 4 heteroatoms. The van der Waals surface area contributed by atoms with E-state index in [0.29, 0.717) is 0 Å². The molecule has 0 atom stereocenters. The molecule has 3 rings (SSSR count). The van der Waals surface area contributed by atoms with Crippen molar-refractivity contribution in [1.29, 1.82) is 0 Å². The smallest absolute Gasteiger partial charge is 0.157 e. The molecule has 0 amide bonds. The molecule has 0 aliphatic heterocycles. The fourth-order valence-corrected chi connectivity index (χ4v) is 2.63. The minimum absolute atomic E-state index is 0.173. The molecule has 4 nitrogen and oxygen atoms in total. The third-order valence-corrected chi connectivity index (χ3v) is 3.79. The van der Waals surface area contributed by atoms with Crippen LogP contribution in [0.3, 0.4) is 0 Å². The first-order valence-electron chi connectivity index (χ1n) is 7.14. The normalized spacial score (nSPS) is 10.8. The van der Waals surface area contributed by atoms with Crippen molar-refractivity contribution in [3.8, 4) is 23.0 Å². The molecule has 0 aliphatic carbocycles. The van der Waals surface area contributed by atoms with E-state index in [0.717, 1.165) is 16.7 Å².